The Bertz CT molecular complexity index is 1250. The van der Waals surface area contributed by atoms with E-state index >= 15 is 0 Å². The van der Waals surface area contributed by atoms with E-state index in [1.165, 1.54) is 6.92 Å². The van der Waals surface area contributed by atoms with Crippen LogP contribution in [0.15, 0.2) is 36.4 Å². The molecule has 1 fully saturated rings. The van der Waals surface area contributed by atoms with E-state index in [1.807, 2.05) is 12.1 Å². The Balaban J connectivity index is 1.26. The van der Waals surface area contributed by atoms with E-state index in [2.05, 4.69) is 5.32 Å². The lowest BCUT2D eigenvalue weighted by molar-refractivity contribution is -0.303. The summed E-state index contributed by atoms with van der Waals surface area (Å²) in [5.41, 5.74) is 1.08. The fourth-order valence-electron chi connectivity index (χ4n) is 5.35. The van der Waals surface area contributed by atoms with Gasteiger partial charge in [0.1, 0.15) is 36.3 Å². The number of benzene rings is 2. The van der Waals surface area contributed by atoms with Gasteiger partial charge in [-0.1, -0.05) is 50.7 Å². The van der Waals surface area contributed by atoms with Crippen molar-refractivity contribution < 1.29 is 62.8 Å². The highest BCUT2D eigenvalue weighted by molar-refractivity contribution is 5.76. The van der Waals surface area contributed by atoms with Gasteiger partial charge in [0.2, 0.25) is 5.91 Å². The molecule has 3 rings (SSSR count). The van der Waals surface area contributed by atoms with Crippen molar-refractivity contribution in [1.29, 1.82) is 0 Å². The van der Waals surface area contributed by atoms with Gasteiger partial charge in [-0.05, 0) is 43.9 Å². The lowest BCUT2D eigenvalue weighted by atomic mass is 9.99. The maximum atomic E-state index is 13.8. The largest absolute Gasteiger partial charge is 0.454 e. The molecule has 3 unspecified atom stereocenters. The second-order valence-corrected chi connectivity index (χ2v) is 12.2. The molecular weight excluding hydrogens is 639 g/mol. The van der Waals surface area contributed by atoms with Crippen molar-refractivity contribution >= 4 is 5.91 Å². The van der Waals surface area contributed by atoms with Gasteiger partial charge < -0.3 is 50.2 Å². The number of ether oxygens (including phenoxy) is 3. The molecule has 0 aromatic heterocycles. The summed E-state index contributed by atoms with van der Waals surface area (Å²) in [6, 6.07) is 7.09. The number of rotatable bonds is 20. The molecule has 270 valence electrons. The van der Waals surface area contributed by atoms with Crippen molar-refractivity contribution in [3.63, 3.8) is 0 Å². The molecule has 0 bridgehead atoms. The number of amides is 1. The third-order valence-electron chi connectivity index (χ3n) is 8.29. The number of halogens is 3. The number of carbonyl (C=O) groups excluding carboxylic acids is 1. The molecule has 1 aliphatic rings. The Morgan fingerprint density at radius 3 is 2.08 bits per heavy atom. The Morgan fingerprint density at radius 1 is 0.854 bits per heavy atom. The molecule has 0 radical (unpaired) electrons. The zero-order chi connectivity index (χ0) is 35.2. The Hall–Kier alpha value is -2.82. The first-order valence-electron chi connectivity index (χ1n) is 16.4. The molecule has 1 saturated heterocycles. The predicted molar refractivity (Wildman–Crippen MR) is 167 cm³/mol. The predicted octanol–water partition coefficient (Wildman–Crippen LogP) is 2.99. The SMILES string of the molecule is C[C@@H](O)[C@@H](O)[C@H](CO[C@H]1OC(CO)[C@H](O)C(O)C1O)NC(=O)CCCCCCCCCCc1ccc(Oc2cc(F)c(F)cc2F)cc1. The van der Waals surface area contributed by atoms with Crippen LogP contribution in [-0.4, -0.2) is 98.7 Å². The second kappa shape index (κ2) is 20.0. The van der Waals surface area contributed by atoms with E-state index < -0.39 is 73.0 Å². The van der Waals surface area contributed by atoms with Crippen molar-refractivity contribution in [1.82, 2.24) is 5.32 Å². The van der Waals surface area contributed by atoms with Crippen LogP contribution >= 0.6 is 0 Å². The van der Waals surface area contributed by atoms with Crippen LogP contribution in [0.25, 0.3) is 0 Å². The Morgan fingerprint density at radius 2 is 1.46 bits per heavy atom. The molecule has 11 nitrogen and oxygen atoms in total. The van der Waals surface area contributed by atoms with Crippen molar-refractivity contribution in [2.24, 2.45) is 0 Å². The zero-order valence-electron chi connectivity index (χ0n) is 27.0. The maximum Gasteiger partial charge on any atom is 0.220 e. The van der Waals surface area contributed by atoms with E-state index in [-0.39, 0.29) is 24.7 Å². The number of carbonyl (C=O) groups is 1. The van der Waals surface area contributed by atoms with Crippen molar-refractivity contribution in [3.05, 3.63) is 59.4 Å². The Kier molecular flexibility index (Phi) is 16.5. The fraction of sp³-hybridized carbons (Fsp3) is 0.618. The molecule has 0 spiro atoms. The summed E-state index contributed by atoms with van der Waals surface area (Å²) in [4.78, 5) is 12.6. The van der Waals surface area contributed by atoms with Crippen molar-refractivity contribution in [2.45, 2.75) is 120 Å². The number of hydrogen-bond acceptors (Lipinski definition) is 10. The van der Waals surface area contributed by atoms with E-state index in [4.69, 9.17) is 14.2 Å². The normalized spacial score (nSPS) is 23.0. The first kappa shape index (κ1) is 39.6. The summed E-state index contributed by atoms with van der Waals surface area (Å²) in [7, 11) is 0. The third kappa shape index (κ3) is 12.3. The van der Waals surface area contributed by atoms with Crippen molar-refractivity contribution in [2.75, 3.05) is 13.2 Å². The molecule has 14 heteroatoms. The number of hydrogen-bond donors (Lipinski definition) is 7. The number of nitrogens with one attached hydrogen (secondary N) is 1. The molecule has 1 aliphatic heterocycles. The molecule has 48 heavy (non-hydrogen) atoms. The summed E-state index contributed by atoms with van der Waals surface area (Å²) in [6.07, 6.45) is -1.42. The smallest absolute Gasteiger partial charge is 0.220 e. The lowest BCUT2D eigenvalue weighted by Gasteiger charge is -2.40. The fourth-order valence-corrected chi connectivity index (χ4v) is 5.35. The summed E-state index contributed by atoms with van der Waals surface area (Å²) < 4.78 is 56.3. The van der Waals surface area contributed by atoms with Gasteiger partial charge in [0.25, 0.3) is 0 Å². The van der Waals surface area contributed by atoms with Gasteiger partial charge in [-0.25, -0.2) is 13.2 Å². The highest BCUT2D eigenvalue weighted by Gasteiger charge is 2.44. The quantitative estimate of drug-likeness (QED) is 0.0809. The number of aliphatic hydroxyl groups excluding tert-OH is 6. The summed E-state index contributed by atoms with van der Waals surface area (Å²) in [5, 5.41) is 62.2. The zero-order valence-corrected chi connectivity index (χ0v) is 27.0. The first-order chi connectivity index (χ1) is 22.9. The maximum absolute atomic E-state index is 13.8. The van der Waals surface area contributed by atoms with Gasteiger partial charge in [-0.2, -0.15) is 0 Å². The number of aliphatic hydroxyl groups is 6. The molecule has 0 saturated carbocycles. The van der Waals surface area contributed by atoms with Crippen LogP contribution < -0.4 is 10.1 Å². The molecule has 1 amide bonds. The van der Waals surface area contributed by atoms with Crippen LogP contribution in [0.3, 0.4) is 0 Å². The van der Waals surface area contributed by atoms with Crippen LogP contribution in [-0.2, 0) is 20.7 Å². The topological polar surface area (TPSA) is 178 Å². The minimum Gasteiger partial charge on any atom is -0.454 e. The third-order valence-corrected chi connectivity index (χ3v) is 8.29. The van der Waals surface area contributed by atoms with Gasteiger partial charge in [0.05, 0.1) is 25.4 Å². The number of unbranched alkanes of at least 4 members (excludes halogenated alkanes) is 7. The lowest BCUT2D eigenvalue weighted by Crippen LogP contribution is -2.60. The van der Waals surface area contributed by atoms with Gasteiger partial charge in [0, 0.05) is 18.6 Å². The minimum absolute atomic E-state index is 0.197. The van der Waals surface area contributed by atoms with Gasteiger partial charge in [-0.3, -0.25) is 4.79 Å². The molecule has 2 aromatic carbocycles. The molecule has 2 aromatic rings. The minimum atomic E-state index is -1.64. The highest BCUT2D eigenvalue weighted by atomic mass is 19.2. The van der Waals surface area contributed by atoms with Gasteiger partial charge in [0.15, 0.2) is 29.5 Å². The molecular formula is C34H48F3NO10. The van der Waals surface area contributed by atoms with E-state index in [0.717, 1.165) is 56.9 Å². The monoisotopic (exact) mass is 687 g/mol. The van der Waals surface area contributed by atoms with Crippen LogP contribution in [0, 0.1) is 17.5 Å². The van der Waals surface area contributed by atoms with E-state index in [1.54, 1.807) is 12.1 Å². The van der Waals surface area contributed by atoms with Crippen LogP contribution in [0.1, 0.15) is 70.3 Å². The number of aryl methyl sites for hydroxylation is 1. The highest BCUT2D eigenvalue weighted by Crippen LogP contribution is 2.27. The van der Waals surface area contributed by atoms with E-state index in [0.29, 0.717) is 24.3 Å². The van der Waals surface area contributed by atoms with Crippen LogP contribution in [0.5, 0.6) is 11.5 Å². The molecule has 1 heterocycles. The van der Waals surface area contributed by atoms with E-state index in [9.17, 15) is 48.6 Å². The van der Waals surface area contributed by atoms with Crippen molar-refractivity contribution in [3.8, 4) is 11.5 Å². The second-order valence-electron chi connectivity index (χ2n) is 12.2. The summed E-state index contributed by atoms with van der Waals surface area (Å²) in [6.45, 7) is 0.340. The molecule has 0 aliphatic carbocycles. The average Bonchev–Trinajstić information content (AvgIpc) is 3.06. The van der Waals surface area contributed by atoms with Gasteiger partial charge >= 0.3 is 0 Å². The summed E-state index contributed by atoms with van der Waals surface area (Å²) in [5.74, 6) is -3.87. The Labute approximate surface area is 278 Å². The molecule has 8 atom stereocenters. The average molecular weight is 688 g/mol. The first-order valence-corrected chi connectivity index (χ1v) is 16.4. The molecule has 7 N–H and O–H groups in total. The van der Waals surface area contributed by atoms with Gasteiger partial charge in [-0.15, -0.1) is 0 Å². The standard InChI is InChI=1S/C34H48F3NO10/c1-20(40)30(42)26(19-46-34-33(45)32(44)31(43)28(18-39)48-34)38-29(41)11-9-7-5-3-2-4-6-8-10-21-12-14-22(15-13-21)47-27-17-24(36)23(35)16-25(27)37/h12-17,20,26,28,30-34,39-40,42-45H,2-11,18-19H2,1H3,(H,38,41)/t20-,26+,28?,30-,31+,32?,33?,34+/m1/s1. The summed E-state index contributed by atoms with van der Waals surface area (Å²) >= 11 is 0. The van der Waals surface area contributed by atoms with Crippen LogP contribution in [0.2, 0.25) is 0 Å². The van der Waals surface area contributed by atoms with Crippen LogP contribution in [0.4, 0.5) is 13.2 Å².